The van der Waals surface area contributed by atoms with Gasteiger partial charge in [-0.2, -0.15) is 0 Å². The van der Waals surface area contributed by atoms with Crippen LogP contribution >= 0.6 is 34.5 Å². The Morgan fingerprint density at radius 3 is 2.43 bits per heavy atom. The molecule has 0 radical (unpaired) electrons. The Labute approximate surface area is 217 Å². The van der Waals surface area contributed by atoms with E-state index in [1.807, 2.05) is 42.6 Å². The lowest BCUT2D eigenvalue weighted by Gasteiger charge is -2.46. The zero-order valence-corrected chi connectivity index (χ0v) is 21.9. The molecule has 4 rings (SSSR count). The van der Waals surface area contributed by atoms with Crippen LogP contribution in [0.2, 0.25) is 10.0 Å². The van der Waals surface area contributed by atoms with E-state index in [1.165, 1.54) is 25.6 Å². The summed E-state index contributed by atoms with van der Waals surface area (Å²) < 4.78 is 10.5. The minimum absolute atomic E-state index is 0.350. The maximum Gasteiger partial charge on any atom is 0.336 e. The van der Waals surface area contributed by atoms with Crippen LogP contribution in [0.1, 0.15) is 30.3 Å². The molecule has 3 unspecified atom stereocenters. The normalized spacial score (nSPS) is 21.9. The molecule has 182 valence electrons. The highest BCUT2D eigenvalue weighted by atomic mass is 35.5. The van der Waals surface area contributed by atoms with Gasteiger partial charge in [0.25, 0.3) is 0 Å². The fourth-order valence-corrected chi connectivity index (χ4v) is 6.44. The fraction of sp³-hybridized carbons (Fsp3) is 0.269. The third-order valence-corrected chi connectivity index (χ3v) is 7.93. The Morgan fingerprint density at radius 1 is 1.09 bits per heavy atom. The molecule has 35 heavy (non-hydrogen) atoms. The van der Waals surface area contributed by atoms with E-state index >= 15 is 0 Å². The van der Waals surface area contributed by atoms with Gasteiger partial charge < -0.3 is 14.8 Å². The number of hydrogen-bond donors (Lipinski definition) is 1. The molecule has 0 fully saturated rings. The van der Waals surface area contributed by atoms with Gasteiger partial charge in [0.2, 0.25) is 0 Å². The molecular weight excluding hydrogens is 507 g/mol. The molecule has 0 amide bonds. The number of nitrogens with zero attached hydrogens (tertiary/aromatic N) is 1. The third-order valence-electron chi connectivity index (χ3n) is 6.39. The van der Waals surface area contributed by atoms with E-state index in [-0.39, 0.29) is 0 Å². The van der Waals surface area contributed by atoms with Crippen molar-refractivity contribution in [1.82, 2.24) is 10.3 Å². The molecule has 2 heterocycles. The summed E-state index contributed by atoms with van der Waals surface area (Å²) in [7, 11) is 2.67. The molecule has 3 aromatic rings. The predicted molar refractivity (Wildman–Crippen MR) is 138 cm³/mol. The zero-order valence-electron chi connectivity index (χ0n) is 19.6. The summed E-state index contributed by atoms with van der Waals surface area (Å²) >= 11 is 13.8. The number of esters is 2. The van der Waals surface area contributed by atoms with Crippen LogP contribution in [0.15, 0.2) is 65.2 Å². The van der Waals surface area contributed by atoms with Crippen molar-refractivity contribution < 1.29 is 19.1 Å². The van der Waals surface area contributed by atoms with Crippen LogP contribution in [0.4, 0.5) is 0 Å². The number of rotatable bonds is 5. The fourth-order valence-electron chi connectivity index (χ4n) is 4.81. The highest BCUT2D eigenvalue weighted by Gasteiger charge is 2.60. The number of halogens is 2. The quantitative estimate of drug-likeness (QED) is 0.423. The van der Waals surface area contributed by atoms with E-state index in [9.17, 15) is 9.59 Å². The molecule has 1 aliphatic heterocycles. The summed E-state index contributed by atoms with van der Waals surface area (Å²) in [5, 5.41) is 6.61. The molecule has 1 aromatic heterocycles. The van der Waals surface area contributed by atoms with Crippen molar-refractivity contribution in [3.8, 4) is 11.3 Å². The first-order chi connectivity index (χ1) is 16.7. The van der Waals surface area contributed by atoms with Crippen LogP contribution in [0.25, 0.3) is 11.3 Å². The summed E-state index contributed by atoms with van der Waals surface area (Å²) in [6.07, 6.45) is 0. The standard InChI is InChI=1S/C26H24Cl2N2O4S/c1-14-21(23(31)33-3)22(16-8-6-5-7-9-16)26(15(2)29-14,25(32)34-4)24-30-20(13-35-24)18-11-10-17(27)12-19(18)28/h5-13,15,22,29H,1-4H3. The van der Waals surface area contributed by atoms with Crippen LogP contribution in [0.3, 0.4) is 0 Å². The Kier molecular flexibility index (Phi) is 7.22. The van der Waals surface area contributed by atoms with Crippen molar-refractivity contribution in [2.45, 2.75) is 31.2 Å². The second-order valence-corrected chi connectivity index (χ2v) is 9.96. The van der Waals surface area contributed by atoms with Crippen LogP contribution in [-0.4, -0.2) is 37.2 Å². The number of aromatic nitrogens is 1. The first-order valence-electron chi connectivity index (χ1n) is 10.9. The van der Waals surface area contributed by atoms with E-state index in [1.54, 1.807) is 25.1 Å². The van der Waals surface area contributed by atoms with Gasteiger partial charge in [-0.05, 0) is 37.6 Å². The molecule has 0 aliphatic carbocycles. The maximum absolute atomic E-state index is 13.8. The van der Waals surface area contributed by atoms with Crippen LogP contribution < -0.4 is 5.32 Å². The van der Waals surface area contributed by atoms with E-state index < -0.39 is 29.3 Å². The van der Waals surface area contributed by atoms with Gasteiger partial charge in [0.1, 0.15) is 5.01 Å². The number of ether oxygens (including phenoxy) is 2. The lowest BCUT2D eigenvalue weighted by atomic mass is 9.62. The Hall–Kier alpha value is -2.87. The van der Waals surface area contributed by atoms with Gasteiger partial charge in [-0.1, -0.05) is 53.5 Å². The van der Waals surface area contributed by atoms with Gasteiger partial charge >= 0.3 is 11.9 Å². The molecule has 1 N–H and O–H groups in total. The molecule has 3 atom stereocenters. The average Bonchev–Trinajstić information content (AvgIpc) is 3.33. The highest BCUT2D eigenvalue weighted by molar-refractivity contribution is 7.10. The molecule has 6 nitrogen and oxygen atoms in total. The lowest BCUT2D eigenvalue weighted by Crippen LogP contribution is -2.60. The maximum atomic E-state index is 13.8. The molecular formula is C26H24Cl2N2O4S. The van der Waals surface area contributed by atoms with E-state index in [0.717, 1.165) is 5.56 Å². The second kappa shape index (κ2) is 10.0. The van der Waals surface area contributed by atoms with Crippen LogP contribution in [-0.2, 0) is 24.5 Å². The summed E-state index contributed by atoms with van der Waals surface area (Å²) in [5.74, 6) is -1.75. The SMILES string of the molecule is COC(=O)C1=C(C)NC(C)C(C(=O)OC)(c2nc(-c3ccc(Cl)cc3Cl)cs2)C1c1ccccc1. The second-order valence-electron chi connectivity index (χ2n) is 8.26. The van der Waals surface area contributed by atoms with Crippen molar-refractivity contribution in [3.05, 3.63) is 85.8 Å². The molecule has 0 saturated carbocycles. The minimum atomic E-state index is -1.36. The van der Waals surface area contributed by atoms with Crippen LogP contribution in [0.5, 0.6) is 0 Å². The van der Waals surface area contributed by atoms with Crippen molar-refractivity contribution in [2.75, 3.05) is 14.2 Å². The first kappa shape index (κ1) is 25.2. The number of hydrogen-bond acceptors (Lipinski definition) is 7. The summed E-state index contributed by atoms with van der Waals surface area (Å²) in [5.41, 5.74) is 1.68. The Bertz CT molecular complexity index is 1310. The van der Waals surface area contributed by atoms with Crippen LogP contribution in [0, 0.1) is 0 Å². The minimum Gasteiger partial charge on any atom is -0.468 e. The van der Waals surface area contributed by atoms with E-state index in [4.69, 9.17) is 37.7 Å². The summed E-state index contributed by atoms with van der Waals surface area (Å²) in [6, 6.07) is 14.1. The largest absolute Gasteiger partial charge is 0.468 e. The summed E-state index contributed by atoms with van der Waals surface area (Å²) in [4.78, 5) is 31.8. The first-order valence-corrected chi connectivity index (χ1v) is 12.5. The molecule has 0 bridgehead atoms. The molecule has 9 heteroatoms. The third kappa shape index (κ3) is 4.22. The van der Waals surface area contributed by atoms with Gasteiger partial charge in [0.15, 0.2) is 5.41 Å². The number of nitrogens with one attached hydrogen (secondary N) is 1. The number of carbonyl (C=O) groups is 2. The smallest absolute Gasteiger partial charge is 0.336 e. The number of allylic oxidation sites excluding steroid dienone is 1. The summed E-state index contributed by atoms with van der Waals surface area (Å²) in [6.45, 7) is 3.70. The van der Waals surface area contributed by atoms with Gasteiger partial charge in [0, 0.05) is 33.6 Å². The van der Waals surface area contributed by atoms with Crippen molar-refractivity contribution >= 4 is 46.5 Å². The van der Waals surface area contributed by atoms with Gasteiger partial charge in [0.05, 0.1) is 30.5 Å². The van der Waals surface area contributed by atoms with Crippen molar-refractivity contribution in [2.24, 2.45) is 0 Å². The van der Waals surface area contributed by atoms with Crippen molar-refractivity contribution in [1.29, 1.82) is 0 Å². The van der Waals surface area contributed by atoms with Crippen molar-refractivity contribution in [3.63, 3.8) is 0 Å². The average molecular weight is 531 g/mol. The number of thiazole rings is 1. The van der Waals surface area contributed by atoms with Gasteiger partial charge in [-0.3, -0.25) is 4.79 Å². The van der Waals surface area contributed by atoms with E-state index in [2.05, 4.69) is 5.32 Å². The molecule has 1 aliphatic rings. The number of benzene rings is 2. The lowest BCUT2D eigenvalue weighted by molar-refractivity contribution is -0.150. The van der Waals surface area contributed by atoms with E-state index in [0.29, 0.717) is 37.6 Å². The highest BCUT2D eigenvalue weighted by Crippen LogP contribution is 2.52. The predicted octanol–water partition coefficient (Wildman–Crippen LogP) is 5.75. The Morgan fingerprint density at radius 2 is 1.80 bits per heavy atom. The monoisotopic (exact) mass is 530 g/mol. The molecule has 0 spiro atoms. The van der Waals surface area contributed by atoms with Gasteiger partial charge in [-0.25, -0.2) is 9.78 Å². The number of carbonyl (C=O) groups excluding carboxylic acids is 2. The Balaban J connectivity index is 2.01. The van der Waals surface area contributed by atoms with Gasteiger partial charge in [-0.15, -0.1) is 11.3 Å². The molecule has 2 aromatic carbocycles. The zero-order chi connectivity index (χ0) is 25.3. The topological polar surface area (TPSA) is 77.5 Å². The molecule has 0 saturated heterocycles. The number of methoxy groups -OCH3 is 2.